The second-order valence-electron chi connectivity index (χ2n) is 12.6. The van der Waals surface area contributed by atoms with E-state index in [1.807, 2.05) is 12.1 Å². The van der Waals surface area contributed by atoms with Crippen molar-refractivity contribution in [2.75, 3.05) is 4.90 Å². The Morgan fingerprint density at radius 2 is 1.00 bits per heavy atom. The van der Waals surface area contributed by atoms with Gasteiger partial charge >= 0.3 is 0 Å². The smallest absolute Gasteiger partial charge is 0.137 e. The molecule has 0 saturated carbocycles. The maximum atomic E-state index is 6.35. The normalized spacial score (nSPS) is 11.7. The molecule has 0 radical (unpaired) electrons. The number of rotatable bonds is 5. The van der Waals surface area contributed by atoms with Crippen molar-refractivity contribution in [2.24, 2.45) is 0 Å². The van der Waals surface area contributed by atoms with E-state index >= 15 is 0 Å². The topological polar surface area (TPSA) is 21.3 Å². The molecule has 230 valence electrons. The molecule has 8 aromatic carbocycles. The molecule has 10 aromatic rings. The Balaban J connectivity index is 1.22. The monoisotopic (exact) mass is 626 g/mol. The zero-order valence-electron chi connectivity index (χ0n) is 26.6. The summed E-state index contributed by atoms with van der Waals surface area (Å²) in [6, 6.07) is 65.0. The largest absolute Gasteiger partial charge is 0.456 e. The molecule has 0 amide bonds. The third kappa shape index (κ3) is 4.37. The molecule has 0 fully saturated rings. The van der Waals surface area contributed by atoms with E-state index in [0.29, 0.717) is 0 Å². The Labute approximate surface area is 283 Å². The van der Waals surface area contributed by atoms with Crippen LogP contribution in [-0.2, 0) is 0 Å². The number of hydrogen-bond donors (Lipinski definition) is 0. The quantitative estimate of drug-likeness (QED) is 0.190. The van der Waals surface area contributed by atoms with Gasteiger partial charge in [0.25, 0.3) is 0 Å². The highest BCUT2D eigenvalue weighted by molar-refractivity contribution is 6.11. The summed E-state index contributed by atoms with van der Waals surface area (Å²) < 4.78 is 8.79. The molecule has 0 N–H and O–H groups in total. The summed E-state index contributed by atoms with van der Waals surface area (Å²) in [7, 11) is 0. The summed E-state index contributed by atoms with van der Waals surface area (Å²) in [5.74, 6) is 0. The van der Waals surface area contributed by atoms with Gasteiger partial charge in [-0.2, -0.15) is 0 Å². The lowest BCUT2D eigenvalue weighted by Gasteiger charge is -2.26. The fraction of sp³-hybridized carbons (Fsp3) is 0. The molecule has 49 heavy (non-hydrogen) atoms. The van der Waals surface area contributed by atoms with Crippen LogP contribution in [0.1, 0.15) is 0 Å². The van der Waals surface area contributed by atoms with Crippen LogP contribution in [0.25, 0.3) is 71.3 Å². The van der Waals surface area contributed by atoms with Gasteiger partial charge in [0.05, 0.1) is 16.7 Å². The van der Waals surface area contributed by atoms with Gasteiger partial charge in [-0.3, -0.25) is 0 Å². The summed E-state index contributed by atoms with van der Waals surface area (Å²) in [5, 5.41) is 7.18. The minimum atomic E-state index is 0.874. The Hall–Kier alpha value is -6.58. The van der Waals surface area contributed by atoms with Crippen LogP contribution >= 0.6 is 0 Å². The number of furan rings is 1. The van der Waals surface area contributed by atoms with Gasteiger partial charge in [0.15, 0.2) is 0 Å². The van der Waals surface area contributed by atoms with Crippen LogP contribution in [0.15, 0.2) is 186 Å². The minimum absolute atomic E-state index is 0.874. The molecule has 0 saturated heterocycles. The van der Waals surface area contributed by atoms with Crippen molar-refractivity contribution in [3.05, 3.63) is 182 Å². The maximum Gasteiger partial charge on any atom is 0.137 e. The number of fused-ring (bicyclic) bond motifs is 7. The van der Waals surface area contributed by atoms with E-state index < -0.39 is 0 Å². The molecular weight excluding hydrogens is 597 g/mol. The minimum Gasteiger partial charge on any atom is -0.456 e. The predicted octanol–water partition coefficient (Wildman–Crippen LogP) is 13.0. The van der Waals surface area contributed by atoms with Gasteiger partial charge < -0.3 is 13.9 Å². The number of hydrogen-bond acceptors (Lipinski definition) is 2. The van der Waals surface area contributed by atoms with Crippen molar-refractivity contribution in [1.82, 2.24) is 4.57 Å². The lowest BCUT2D eigenvalue weighted by atomic mass is 9.95. The van der Waals surface area contributed by atoms with Crippen LogP contribution < -0.4 is 4.90 Å². The molecular formula is C46H30N2O. The van der Waals surface area contributed by atoms with E-state index in [2.05, 4.69) is 179 Å². The van der Waals surface area contributed by atoms with Gasteiger partial charge in [-0.25, -0.2) is 0 Å². The van der Waals surface area contributed by atoms with Crippen molar-refractivity contribution in [3.8, 4) is 16.8 Å². The highest BCUT2D eigenvalue weighted by Crippen LogP contribution is 2.43. The number of para-hydroxylation sites is 4. The number of benzene rings is 8. The summed E-state index contributed by atoms with van der Waals surface area (Å²) in [6.07, 6.45) is 0. The van der Waals surface area contributed by atoms with E-state index in [-0.39, 0.29) is 0 Å². The first kappa shape index (κ1) is 27.5. The number of aromatic nitrogens is 1. The fourth-order valence-electron chi connectivity index (χ4n) is 7.61. The molecule has 0 unspecified atom stereocenters. The van der Waals surface area contributed by atoms with E-state index in [1.54, 1.807) is 0 Å². The van der Waals surface area contributed by atoms with Gasteiger partial charge in [-0.1, -0.05) is 115 Å². The van der Waals surface area contributed by atoms with Crippen molar-refractivity contribution in [2.45, 2.75) is 0 Å². The molecule has 0 spiro atoms. The molecule has 0 aliphatic carbocycles. The van der Waals surface area contributed by atoms with E-state index in [1.165, 1.54) is 38.1 Å². The number of anilines is 3. The van der Waals surface area contributed by atoms with Gasteiger partial charge in [-0.05, 0) is 77.0 Å². The van der Waals surface area contributed by atoms with Crippen LogP contribution in [-0.4, -0.2) is 4.57 Å². The number of nitrogens with zero attached hydrogens (tertiary/aromatic N) is 2. The Morgan fingerprint density at radius 1 is 0.388 bits per heavy atom. The fourth-order valence-corrected chi connectivity index (χ4v) is 7.61. The van der Waals surface area contributed by atoms with Crippen LogP contribution in [0.4, 0.5) is 17.1 Å². The zero-order valence-corrected chi connectivity index (χ0v) is 26.6. The predicted molar refractivity (Wildman–Crippen MR) is 206 cm³/mol. The molecule has 2 heterocycles. The summed E-state index contributed by atoms with van der Waals surface area (Å²) in [4.78, 5) is 2.32. The van der Waals surface area contributed by atoms with Crippen molar-refractivity contribution in [1.29, 1.82) is 0 Å². The Kier molecular flexibility index (Phi) is 6.18. The molecule has 0 atom stereocenters. The van der Waals surface area contributed by atoms with E-state index in [4.69, 9.17) is 4.42 Å². The van der Waals surface area contributed by atoms with Gasteiger partial charge in [-0.15, -0.1) is 0 Å². The molecule has 10 rings (SSSR count). The van der Waals surface area contributed by atoms with Crippen molar-refractivity contribution < 1.29 is 4.42 Å². The van der Waals surface area contributed by atoms with Crippen LogP contribution in [0.2, 0.25) is 0 Å². The van der Waals surface area contributed by atoms with Crippen LogP contribution in [0.3, 0.4) is 0 Å². The summed E-state index contributed by atoms with van der Waals surface area (Å²) in [6.45, 7) is 0. The highest BCUT2D eigenvalue weighted by Gasteiger charge is 2.20. The molecule has 0 bridgehead atoms. The molecule has 3 nitrogen and oxygen atoms in total. The summed E-state index contributed by atoms with van der Waals surface area (Å²) >= 11 is 0. The highest BCUT2D eigenvalue weighted by atomic mass is 16.3. The third-order valence-electron chi connectivity index (χ3n) is 9.76. The SMILES string of the molecule is c1ccc(N(c2cccc(-c3c(-n4c5ccccc5c5ccccc54)ccc4ccccc34)c2)c2ccc3c(c2)oc2ccccc23)cc1. The first-order chi connectivity index (χ1) is 24.3. The molecule has 3 heteroatoms. The van der Waals surface area contributed by atoms with Crippen LogP contribution in [0, 0.1) is 0 Å². The lowest BCUT2D eigenvalue weighted by molar-refractivity contribution is 0.669. The molecule has 2 aromatic heterocycles. The van der Waals surface area contributed by atoms with Crippen molar-refractivity contribution in [3.63, 3.8) is 0 Å². The Morgan fingerprint density at radius 3 is 1.80 bits per heavy atom. The lowest BCUT2D eigenvalue weighted by Crippen LogP contribution is -2.10. The summed E-state index contributed by atoms with van der Waals surface area (Å²) in [5.41, 5.74) is 10.9. The zero-order chi connectivity index (χ0) is 32.3. The standard InChI is InChI=1S/C46H30N2O/c1-2-15-33(16-3-1)47(35-26-27-40-39-21-8-11-24-44(39)49-45(40)30-35)34-17-12-14-32(29-34)46-36-18-5-4-13-31(36)25-28-43(46)48-41-22-9-6-19-37(41)38-20-7-10-23-42(38)48/h1-30H. The average Bonchev–Trinajstić information content (AvgIpc) is 3.70. The second kappa shape index (κ2) is 11.0. The van der Waals surface area contributed by atoms with Crippen molar-refractivity contribution >= 4 is 71.6 Å². The Bertz CT molecular complexity index is 2790. The van der Waals surface area contributed by atoms with Crippen LogP contribution in [0.5, 0.6) is 0 Å². The van der Waals surface area contributed by atoms with E-state index in [9.17, 15) is 0 Å². The average molecular weight is 627 g/mol. The third-order valence-corrected chi connectivity index (χ3v) is 9.76. The van der Waals surface area contributed by atoms with Gasteiger partial charge in [0, 0.05) is 50.2 Å². The van der Waals surface area contributed by atoms with Gasteiger partial charge in [0.2, 0.25) is 0 Å². The first-order valence-corrected chi connectivity index (χ1v) is 16.7. The van der Waals surface area contributed by atoms with Gasteiger partial charge in [0.1, 0.15) is 11.2 Å². The molecule has 0 aliphatic rings. The second-order valence-corrected chi connectivity index (χ2v) is 12.6. The first-order valence-electron chi connectivity index (χ1n) is 16.7. The van der Waals surface area contributed by atoms with E-state index in [0.717, 1.165) is 50.3 Å². The maximum absolute atomic E-state index is 6.35. The molecule has 0 aliphatic heterocycles.